The fourth-order valence-electron chi connectivity index (χ4n) is 2.24. The quantitative estimate of drug-likeness (QED) is 0.687. The molecule has 3 rings (SSSR count). The largest absolute Gasteiger partial charge is 0.381 e. The topological polar surface area (TPSA) is 77.3 Å². The van der Waals surface area contributed by atoms with Crippen LogP contribution < -0.4 is 5.32 Å². The second kappa shape index (κ2) is 5.10. The minimum absolute atomic E-state index is 0.0673. The van der Waals surface area contributed by atoms with Gasteiger partial charge in [0.25, 0.3) is 0 Å². The normalized spacial score (nSPS) is 18.8. The number of fused-ring (bicyclic) bond motifs is 1. The van der Waals surface area contributed by atoms with E-state index < -0.39 is 0 Å². The van der Waals surface area contributed by atoms with Crippen LogP contribution in [0.15, 0.2) is 17.6 Å². The highest BCUT2D eigenvalue weighted by atomic mass is 32.1. The molecule has 1 unspecified atom stereocenters. The maximum atomic E-state index is 11.2. The molecule has 19 heavy (non-hydrogen) atoms. The molecule has 100 valence electrons. The van der Waals surface area contributed by atoms with E-state index in [1.165, 1.54) is 11.3 Å². The molecule has 1 aliphatic rings. The van der Waals surface area contributed by atoms with Gasteiger partial charge in [0.2, 0.25) is 0 Å². The molecule has 0 amide bonds. The van der Waals surface area contributed by atoms with Gasteiger partial charge in [0.1, 0.15) is 5.69 Å². The number of nitro benzene ring substituents is 1. The van der Waals surface area contributed by atoms with Gasteiger partial charge in [0, 0.05) is 19.1 Å². The first-order valence-corrected chi connectivity index (χ1v) is 6.96. The number of rotatable bonds is 4. The number of nitrogens with one attached hydrogen (secondary N) is 1. The summed E-state index contributed by atoms with van der Waals surface area (Å²) in [6.45, 7) is 2.19. The van der Waals surface area contributed by atoms with Crippen molar-refractivity contribution >= 4 is 32.9 Å². The second-order valence-electron chi connectivity index (χ2n) is 4.53. The lowest BCUT2D eigenvalue weighted by atomic mass is 10.1. The van der Waals surface area contributed by atoms with Gasteiger partial charge in [-0.15, -0.1) is 11.3 Å². The Kier molecular flexibility index (Phi) is 3.31. The average Bonchev–Trinajstić information content (AvgIpc) is 3.06. The molecule has 1 atom stereocenters. The monoisotopic (exact) mass is 279 g/mol. The predicted molar refractivity (Wildman–Crippen MR) is 73.7 cm³/mol. The Morgan fingerprint density at radius 3 is 3.21 bits per heavy atom. The highest BCUT2D eigenvalue weighted by molar-refractivity contribution is 7.16. The number of aromatic nitrogens is 1. The summed E-state index contributed by atoms with van der Waals surface area (Å²) in [4.78, 5) is 15.0. The summed E-state index contributed by atoms with van der Waals surface area (Å²) in [5.74, 6) is 0.422. The predicted octanol–water partition coefficient (Wildman–Crippen LogP) is 2.65. The Bertz CT molecular complexity index is 607. The van der Waals surface area contributed by atoms with Crippen LogP contribution in [-0.4, -0.2) is 29.7 Å². The fraction of sp³-hybridized carbons (Fsp3) is 0.417. The van der Waals surface area contributed by atoms with Gasteiger partial charge in [-0.2, -0.15) is 0 Å². The lowest BCUT2D eigenvalue weighted by Gasteiger charge is -2.11. The molecule has 0 aliphatic carbocycles. The number of nitro groups is 1. The maximum absolute atomic E-state index is 11.2. The van der Waals surface area contributed by atoms with Crippen LogP contribution in [0.4, 0.5) is 11.4 Å². The van der Waals surface area contributed by atoms with E-state index in [1.54, 1.807) is 11.6 Å². The first kappa shape index (κ1) is 12.3. The summed E-state index contributed by atoms with van der Waals surface area (Å²) in [7, 11) is 0. The van der Waals surface area contributed by atoms with E-state index in [0.29, 0.717) is 23.7 Å². The van der Waals surface area contributed by atoms with E-state index in [9.17, 15) is 10.1 Å². The van der Waals surface area contributed by atoms with Crippen LogP contribution >= 0.6 is 11.3 Å². The Hall–Kier alpha value is -1.73. The van der Waals surface area contributed by atoms with Crippen LogP contribution in [-0.2, 0) is 4.74 Å². The summed E-state index contributed by atoms with van der Waals surface area (Å²) in [5.41, 5.74) is 2.70. The van der Waals surface area contributed by atoms with Crippen LogP contribution in [0.5, 0.6) is 0 Å². The summed E-state index contributed by atoms with van der Waals surface area (Å²) >= 11 is 1.41. The van der Waals surface area contributed by atoms with E-state index in [4.69, 9.17) is 4.74 Å². The van der Waals surface area contributed by atoms with E-state index in [2.05, 4.69) is 10.3 Å². The Morgan fingerprint density at radius 1 is 1.58 bits per heavy atom. The van der Waals surface area contributed by atoms with Crippen LogP contribution in [0.1, 0.15) is 6.42 Å². The number of hydrogen-bond acceptors (Lipinski definition) is 6. The Morgan fingerprint density at radius 2 is 2.47 bits per heavy atom. The average molecular weight is 279 g/mol. The first-order chi connectivity index (χ1) is 9.25. The molecular weight excluding hydrogens is 266 g/mol. The van der Waals surface area contributed by atoms with E-state index in [0.717, 1.165) is 24.3 Å². The molecular formula is C12H13N3O3S. The van der Waals surface area contributed by atoms with Gasteiger partial charge in [-0.25, -0.2) is 4.98 Å². The zero-order valence-electron chi connectivity index (χ0n) is 10.2. The first-order valence-electron chi connectivity index (χ1n) is 6.08. The van der Waals surface area contributed by atoms with Crippen molar-refractivity contribution in [3.05, 3.63) is 27.8 Å². The summed E-state index contributed by atoms with van der Waals surface area (Å²) in [6, 6.07) is 3.63. The molecule has 0 spiro atoms. The van der Waals surface area contributed by atoms with E-state index in [1.807, 2.05) is 6.07 Å². The number of ether oxygens (including phenoxy) is 1. The standard InChI is InChI=1S/C12H13N3O3S/c16-15(17)12-9(13-5-8-3-4-18-6-8)1-2-10-11(12)14-7-19-10/h1-2,7-8,13H,3-6H2. The van der Waals surface area contributed by atoms with Crippen molar-refractivity contribution in [3.63, 3.8) is 0 Å². The summed E-state index contributed by atoms with van der Waals surface area (Å²) in [6.07, 6.45) is 1.000. The molecule has 0 radical (unpaired) electrons. The van der Waals surface area contributed by atoms with Crippen molar-refractivity contribution < 1.29 is 9.66 Å². The molecule has 0 bridgehead atoms. The molecule has 1 aromatic carbocycles. The van der Waals surface area contributed by atoms with Crippen molar-refractivity contribution in [3.8, 4) is 0 Å². The number of benzene rings is 1. The number of anilines is 1. The third-order valence-corrected chi connectivity index (χ3v) is 4.06. The molecule has 1 N–H and O–H groups in total. The molecule has 1 aliphatic heterocycles. The number of nitrogens with zero attached hydrogens (tertiary/aromatic N) is 2. The summed E-state index contributed by atoms with van der Waals surface area (Å²) < 4.78 is 6.13. The van der Waals surface area contributed by atoms with Gasteiger partial charge in [-0.05, 0) is 18.6 Å². The van der Waals surface area contributed by atoms with Gasteiger partial charge in [-0.3, -0.25) is 10.1 Å². The van der Waals surface area contributed by atoms with Gasteiger partial charge in [0.15, 0.2) is 5.52 Å². The highest BCUT2D eigenvalue weighted by Gasteiger charge is 2.22. The molecule has 1 saturated heterocycles. The van der Waals surface area contributed by atoms with Gasteiger partial charge >= 0.3 is 5.69 Å². The van der Waals surface area contributed by atoms with Crippen molar-refractivity contribution in [2.45, 2.75) is 6.42 Å². The molecule has 7 heteroatoms. The minimum atomic E-state index is -0.366. The van der Waals surface area contributed by atoms with Crippen LogP contribution in [0.3, 0.4) is 0 Å². The van der Waals surface area contributed by atoms with Crippen molar-refractivity contribution in [2.24, 2.45) is 5.92 Å². The summed E-state index contributed by atoms with van der Waals surface area (Å²) in [5, 5.41) is 14.4. The molecule has 2 aromatic rings. The van der Waals surface area contributed by atoms with E-state index >= 15 is 0 Å². The molecule has 6 nitrogen and oxygen atoms in total. The molecule has 1 aromatic heterocycles. The third kappa shape index (κ3) is 2.39. The molecule has 1 fully saturated rings. The SMILES string of the molecule is O=[N+]([O-])c1c(NCC2CCOC2)ccc2scnc12. The Balaban J connectivity index is 1.88. The van der Waals surface area contributed by atoms with Crippen molar-refractivity contribution in [1.82, 2.24) is 4.98 Å². The van der Waals surface area contributed by atoms with Gasteiger partial charge in [-0.1, -0.05) is 0 Å². The molecule has 0 saturated carbocycles. The third-order valence-electron chi connectivity index (χ3n) is 3.26. The maximum Gasteiger partial charge on any atom is 0.319 e. The number of thiazole rings is 1. The lowest BCUT2D eigenvalue weighted by molar-refractivity contribution is -0.382. The fourth-order valence-corrected chi connectivity index (χ4v) is 2.92. The Labute approximate surface area is 113 Å². The van der Waals surface area contributed by atoms with Crippen LogP contribution in [0.2, 0.25) is 0 Å². The van der Waals surface area contributed by atoms with Gasteiger partial charge in [0.05, 0.1) is 21.7 Å². The van der Waals surface area contributed by atoms with Gasteiger partial charge < -0.3 is 10.1 Å². The van der Waals surface area contributed by atoms with Crippen molar-refractivity contribution in [2.75, 3.05) is 25.1 Å². The van der Waals surface area contributed by atoms with E-state index in [-0.39, 0.29) is 10.6 Å². The highest BCUT2D eigenvalue weighted by Crippen LogP contribution is 2.34. The van der Waals surface area contributed by atoms with Crippen molar-refractivity contribution in [1.29, 1.82) is 0 Å². The smallest absolute Gasteiger partial charge is 0.319 e. The number of hydrogen-bond donors (Lipinski definition) is 1. The zero-order chi connectivity index (χ0) is 13.2. The zero-order valence-corrected chi connectivity index (χ0v) is 11.0. The lowest BCUT2D eigenvalue weighted by Crippen LogP contribution is -2.14. The minimum Gasteiger partial charge on any atom is -0.381 e. The van der Waals surface area contributed by atoms with Crippen LogP contribution in [0.25, 0.3) is 10.2 Å². The molecule has 2 heterocycles. The second-order valence-corrected chi connectivity index (χ2v) is 5.41. The van der Waals surface area contributed by atoms with Crippen LogP contribution in [0, 0.1) is 16.0 Å².